The number of amides is 2. The molecule has 0 saturated heterocycles. The minimum absolute atomic E-state index is 0.193. The predicted octanol–water partition coefficient (Wildman–Crippen LogP) is 5.17. The summed E-state index contributed by atoms with van der Waals surface area (Å²) in [5.74, 6) is -0.572. The van der Waals surface area contributed by atoms with Crippen molar-refractivity contribution in [3.63, 3.8) is 0 Å². The Morgan fingerprint density at radius 2 is 1.52 bits per heavy atom. The van der Waals surface area contributed by atoms with Crippen LogP contribution in [0, 0.1) is 0 Å². The van der Waals surface area contributed by atoms with E-state index in [4.69, 9.17) is 23.2 Å². The third kappa shape index (κ3) is 5.48. The van der Waals surface area contributed by atoms with E-state index in [1.54, 1.807) is 42.5 Å². The van der Waals surface area contributed by atoms with Crippen LogP contribution in [0.25, 0.3) is 0 Å². The predicted molar refractivity (Wildman–Crippen MR) is 103 cm³/mol. The Hall–Kier alpha value is -2.04. The molecule has 2 aromatic carbocycles. The molecule has 4 nitrogen and oxygen atoms in total. The Labute approximate surface area is 157 Å². The number of benzene rings is 2. The topological polar surface area (TPSA) is 58.2 Å². The Kier molecular flexibility index (Phi) is 7.29. The van der Waals surface area contributed by atoms with Crippen LogP contribution in [0.1, 0.15) is 46.9 Å². The van der Waals surface area contributed by atoms with E-state index in [0.29, 0.717) is 33.4 Å². The molecule has 0 radical (unpaired) electrons. The van der Waals surface area contributed by atoms with Crippen molar-refractivity contribution in [3.05, 3.63) is 63.6 Å². The van der Waals surface area contributed by atoms with Crippen molar-refractivity contribution in [2.45, 2.75) is 26.2 Å². The van der Waals surface area contributed by atoms with Gasteiger partial charge in [0.15, 0.2) is 0 Å². The lowest BCUT2D eigenvalue weighted by Crippen LogP contribution is -2.24. The molecule has 0 aliphatic rings. The van der Waals surface area contributed by atoms with Crippen molar-refractivity contribution in [1.82, 2.24) is 5.32 Å². The Morgan fingerprint density at radius 3 is 2.16 bits per heavy atom. The van der Waals surface area contributed by atoms with Crippen molar-refractivity contribution in [1.29, 1.82) is 0 Å². The number of nitrogens with one attached hydrogen (secondary N) is 2. The minimum Gasteiger partial charge on any atom is -0.352 e. The summed E-state index contributed by atoms with van der Waals surface area (Å²) in [5, 5.41) is 6.25. The van der Waals surface area contributed by atoms with Crippen LogP contribution in [-0.2, 0) is 0 Å². The van der Waals surface area contributed by atoms with E-state index in [9.17, 15) is 9.59 Å². The van der Waals surface area contributed by atoms with Crippen molar-refractivity contribution < 1.29 is 9.59 Å². The van der Waals surface area contributed by atoms with Crippen LogP contribution in [0.3, 0.4) is 0 Å². The molecule has 132 valence electrons. The first kappa shape index (κ1) is 19.3. The standard InChI is InChI=1S/C19H20Cl2N2O2/c1-2-3-4-11-22-18(24)13-7-5-8-14(12-13)19(25)23-17-15(20)9-6-10-16(17)21/h5-10,12H,2-4,11H2,1H3,(H,22,24)(H,23,25). The SMILES string of the molecule is CCCCCNC(=O)c1cccc(C(=O)Nc2c(Cl)cccc2Cl)c1. The van der Waals surface area contributed by atoms with Gasteiger partial charge in [0.25, 0.3) is 11.8 Å². The molecule has 2 aromatic rings. The van der Waals surface area contributed by atoms with Crippen LogP contribution in [0.2, 0.25) is 10.0 Å². The van der Waals surface area contributed by atoms with Gasteiger partial charge in [-0.25, -0.2) is 0 Å². The molecule has 0 aliphatic carbocycles. The first-order valence-electron chi connectivity index (χ1n) is 8.16. The van der Waals surface area contributed by atoms with Crippen LogP contribution in [0.5, 0.6) is 0 Å². The summed E-state index contributed by atoms with van der Waals surface area (Å²) < 4.78 is 0. The summed E-state index contributed by atoms with van der Waals surface area (Å²) in [6.45, 7) is 2.73. The Balaban J connectivity index is 2.07. The van der Waals surface area contributed by atoms with E-state index in [1.807, 2.05) is 0 Å². The largest absolute Gasteiger partial charge is 0.352 e. The number of unbranched alkanes of at least 4 members (excludes halogenated alkanes) is 2. The molecular weight excluding hydrogens is 359 g/mol. The number of halogens is 2. The van der Waals surface area contributed by atoms with E-state index in [1.165, 1.54) is 0 Å². The summed E-state index contributed by atoms with van der Waals surface area (Å²) >= 11 is 12.1. The lowest BCUT2D eigenvalue weighted by Gasteiger charge is -2.10. The second-order valence-electron chi connectivity index (χ2n) is 5.59. The zero-order chi connectivity index (χ0) is 18.2. The second-order valence-corrected chi connectivity index (χ2v) is 6.41. The molecule has 0 saturated carbocycles. The smallest absolute Gasteiger partial charge is 0.255 e. The van der Waals surface area contributed by atoms with Gasteiger partial charge >= 0.3 is 0 Å². The Morgan fingerprint density at radius 1 is 0.920 bits per heavy atom. The van der Waals surface area contributed by atoms with Crippen molar-refractivity contribution in [2.24, 2.45) is 0 Å². The Bertz CT molecular complexity index is 743. The molecular formula is C19H20Cl2N2O2. The van der Waals surface area contributed by atoms with Gasteiger partial charge in [0, 0.05) is 17.7 Å². The normalized spacial score (nSPS) is 10.4. The van der Waals surface area contributed by atoms with Crippen LogP contribution < -0.4 is 10.6 Å². The highest BCUT2D eigenvalue weighted by Gasteiger charge is 2.13. The second kappa shape index (κ2) is 9.44. The fourth-order valence-corrected chi connectivity index (χ4v) is 2.78. The van der Waals surface area contributed by atoms with Gasteiger partial charge in [0.1, 0.15) is 0 Å². The van der Waals surface area contributed by atoms with E-state index in [-0.39, 0.29) is 11.8 Å². The summed E-state index contributed by atoms with van der Waals surface area (Å²) in [7, 11) is 0. The zero-order valence-electron chi connectivity index (χ0n) is 13.9. The molecule has 25 heavy (non-hydrogen) atoms. The maximum absolute atomic E-state index is 12.4. The maximum Gasteiger partial charge on any atom is 0.255 e. The summed E-state index contributed by atoms with van der Waals surface area (Å²) in [4.78, 5) is 24.6. The highest BCUT2D eigenvalue weighted by atomic mass is 35.5. The van der Waals surface area contributed by atoms with Gasteiger partial charge in [-0.3, -0.25) is 9.59 Å². The third-order valence-electron chi connectivity index (χ3n) is 3.65. The first-order chi connectivity index (χ1) is 12.0. The number of rotatable bonds is 7. The quantitative estimate of drug-likeness (QED) is 0.653. The molecule has 2 N–H and O–H groups in total. The van der Waals surface area contributed by atoms with E-state index >= 15 is 0 Å². The number of carbonyl (C=O) groups is 2. The molecule has 2 amide bonds. The van der Waals surface area contributed by atoms with Crippen molar-refractivity contribution in [3.8, 4) is 0 Å². The molecule has 0 spiro atoms. The summed E-state index contributed by atoms with van der Waals surface area (Å²) in [5.41, 5.74) is 1.15. The molecule has 6 heteroatoms. The van der Waals surface area contributed by atoms with Crippen LogP contribution in [0.4, 0.5) is 5.69 Å². The molecule has 0 unspecified atom stereocenters. The average Bonchev–Trinajstić information content (AvgIpc) is 2.61. The van der Waals surface area contributed by atoms with E-state index < -0.39 is 0 Å². The van der Waals surface area contributed by atoms with Crippen LogP contribution in [-0.4, -0.2) is 18.4 Å². The molecule has 0 aliphatic heterocycles. The maximum atomic E-state index is 12.4. The number of anilines is 1. The van der Waals surface area contributed by atoms with Gasteiger partial charge in [0.05, 0.1) is 15.7 Å². The van der Waals surface area contributed by atoms with Gasteiger partial charge in [-0.05, 0) is 36.8 Å². The molecule has 2 rings (SSSR count). The average molecular weight is 379 g/mol. The lowest BCUT2D eigenvalue weighted by molar-refractivity contribution is 0.0953. The van der Waals surface area contributed by atoms with Gasteiger partial charge in [0.2, 0.25) is 0 Å². The zero-order valence-corrected chi connectivity index (χ0v) is 15.5. The van der Waals surface area contributed by atoms with Crippen molar-refractivity contribution in [2.75, 3.05) is 11.9 Å². The monoisotopic (exact) mass is 378 g/mol. The lowest BCUT2D eigenvalue weighted by atomic mass is 10.1. The van der Waals surface area contributed by atoms with Crippen LogP contribution in [0.15, 0.2) is 42.5 Å². The number of hydrogen-bond donors (Lipinski definition) is 2. The van der Waals surface area contributed by atoms with Gasteiger partial charge < -0.3 is 10.6 Å². The molecule has 0 aromatic heterocycles. The fraction of sp³-hybridized carbons (Fsp3) is 0.263. The highest BCUT2D eigenvalue weighted by molar-refractivity contribution is 6.40. The van der Waals surface area contributed by atoms with Crippen LogP contribution >= 0.6 is 23.2 Å². The highest BCUT2D eigenvalue weighted by Crippen LogP contribution is 2.30. The van der Waals surface area contributed by atoms with E-state index in [2.05, 4.69) is 17.6 Å². The first-order valence-corrected chi connectivity index (χ1v) is 8.92. The number of hydrogen-bond acceptors (Lipinski definition) is 2. The molecule has 0 heterocycles. The van der Waals surface area contributed by atoms with Crippen molar-refractivity contribution >= 4 is 40.7 Å². The fourth-order valence-electron chi connectivity index (χ4n) is 2.28. The molecule has 0 bridgehead atoms. The number of para-hydroxylation sites is 1. The third-order valence-corrected chi connectivity index (χ3v) is 4.28. The van der Waals surface area contributed by atoms with Gasteiger partial charge in [-0.1, -0.05) is 55.1 Å². The summed E-state index contributed by atoms with van der Waals surface area (Å²) in [6.07, 6.45) is 3.10. The minimum atomic E-state index is -0.379. The van der Waals surface area contributed by atoms with E-state index in [0.717, 1.165) is 19.3 Å². The van der Waals surface area contributed by atoms with Gasteiger partial charge in [-0.15, -0.1) is 0 Å². The molecule has 0 fully saturated rings. The number of carbonyl (C=O) groups excluding carboxylic acids is 2. The summed E-state index contributed by atoms with van der Waals surface area (Å²) in [6, 6.07) is 11.5. The molecule has 0 atom stereocenters. The van der Waals surface area contributed by atoms with Gasteiger partial charge in [-0.2, -0.15) is 0 Å².